The predicted octanol–water partition coefficient (Wildman–Crippen LogP) is 3.77. The van der Waals surface area contributed by atoms with Crippen molar-refractivity contribution in [3.63, 3.8) is 0 Å². The molecule has 0 aliphatic carbocycles. The molecule has 0 spiro atoms. The summed E-state index contributed by atoms with van der Waals surface area (Å²) in [4.78, 5) is 5.97. The molecule has 0 aromatic heterocycles. The number of aliphatic hydroxyl groups excluding tert-OH is 1. The van der Waals surface area contributed by atoms with Gasteiger partial charge in [-0.3, -0.25) is 9.89 Å². The minimum Gasteiger partial charge on any atom is -0.368 e. The highest BCUT2D eigenvalue weighted by atomic mass is 35.5. The Hall–Kier alpha value is -2.64. The van der Waals surface area contributed by atoms with Crippen LogP contribution in [0.3, 0.4) is 0 Å². The van der Waals surface area contributed by atoms with Gasteiger partial charge in [0.15, 0.2) is 12.1 Å². The molecule has 8 heteroatoms. The summed E-state index contributed by atoms with van der Waals surface area (Å²) in [6, 6.07) is 8.54. The first-order chi connectivity index (χ1) is 13.0. The van der Waals surface area contributed by atoms with Crippen LogP contribution in [-0.4, -0.2) is 35.1 Å². The Morgan fingerprint density at radius 2 is 1.93 bits per heavy atom. The summed E-state index contributed by atoms with van der Waals surface area (Å²) >= 11 is 6.15. The first kappa shape index (κ1) is 17.8. The van der Waals surface area contributed by atoms with Crippen LogP contribution in [0, 0.1) is 11.6 Å². The lowest BCUT2D eigenvalue weighted by Crippen LogP contribution is -2.48. The van der Waals surface area contributed by atoms with Gasteiger partial charge in [0.2, 0.25) is 0 Å². The van der Waals surface area contributed by atoms with E-state index in [2.05, 4.69) is 15.2 Å². The van der Waals surface area contributed by atoms with Crippen molar-refractivity contribution in [2.45, 2.75) is 19.6 Å². The predicted molar refractivity (Wildman–Crippen MR) is 102 cm³/mol. The molecule has 0 saturated carbocycles. The van der Waals surface area contributed by atoms with Gasteiger partial charge >= 0.3 is 0 Å². The Morgan fingerprint density at radius 3 is 2.63 bits per heavy atom. The van der Waals surface area contributed by atoms with E-state index < -0.39 is 17.9 Å². The Labute approximate surface area is 159 Å². The Morgan fingerprint density at radius 1 is 1.19 bits per heavy atom. The molecule has 2 aliphatic rings. The molecule has 1 unspecified atom stereocenters. The van der Waals surface area contributed by atoms with E-state index in [0.717, 1.165) is 0 Å². The summed E-state index contributed by atoms with van der Waals surface area (Å²) in [5.74, 6) is -1.07. The third-order valence-electron chi connectivity index (χ3n) is 4.53. The zero-order valence-electron chi connectivity index (χ0n) is 14.3. The van der Waals surface area contributed by atoms with Gasteiger partial charge in [0.25, 0.3) is 0 Å². The average Bonchev–Trinajstić information content (AvgIpc) is 2.80. The molecule has 27 heavy (non-hydrogen) atoms. The SMILES string of the molecule is CCC1=NN=C2CN=C(c3c(F)cccc3F)c3cc(Cl)ccc3N2C1O. The van der Waals surface area contributed by atoms with Gasteiger partial charge in [0, 0.05) is 10.6 Å². The smallest absolute Gasteiger partial charge is 0.173 e. The highest BCUT2D eigenvalue weighted by molar-refractivity contribution is 6.32. The number of hydrogen-bond donors (Lipinski definition) is 1. The van der Waals surface area contributed by atoms with Gasteiger partial charge in [-0.05, 0) is 36.8 Å². The number of aliphatic hydroxyl groups is 1. The molecule has 1 atom stereocenters. The zero-order chi connectivity index (χ0) is 19.1. The molecule has 4 rings (SSSR count). The molecule has 0 radical (unpaired) electrons. The number of aliphatic imine (C=N–C) groups is 1. The van der Waals surface area contributed by atoms with E-state index >= 15 is 0 Å². The van der Waals surface area contributed by atoms with Gasteiger partial charge in [-0.1, -0.05) is 24.6 Å². The fourth-order valence-corrected chi connectivity index (χ4v) is 3.40. The van der Waals surface area contributed by atoms with Crippen LogP contribution in [0.15, 0.2) is 51.6 Å². The molecule has 2 aromatic carbocycles. The number of hydrogen-bond acceptors (Lipinski definition) is 5. The van der Waals surface area contributed by atoms with E-state index in [1.54, 1.807) is 23.1 Å². The van der Waals surface area contributed by atoms with Gasteiger partial charge in [-0.15, -0.1) is 5.10 Å². The van der Waals surface area contributed by atoms with Gasteiger partial charge in [-0.25, -0.2) is 8.78 Å². The highest BCUT2D eigenvalue weighted by Crippen LogP contribution is 2.33. The largest absolute Gasteiger partial charge is 0.368 e. The van der Waals surface area contributed by atoms with Crippen LogP contribution in [0.5, 0.6) is 0 Å². The second-order valence-corrected chi connectivity index (χ2v) is 6.56. The lowest BCUT2D eigenvalue weighted by Gasteiger charge is -2.32. The van der Waals surface area contributed by atoms with Crippen molar-refractivity contribution in [2.75, 3.05) is 11.4 Å². The minimum absolute atomic E-state index is 0.00691. The molecule has 5 nitrogen and oxygen atoms in total. The van der Waals surface area contributed by atoms with E-state index in [0.29, 0.717) is 34.2 Å². The van der Waals surface area contributed by atoms with E-state index in [-0.39, 0.29) is 17.8 Å². The van der Waals surface area contributed by atoms with Gasteiger partial charge in [0.1, 0.15) is 11.6 Å². The summed E-state index contributed by atoms with van der Waals surface area (Å²) in [6.45, 7) is 1.87. The molecule has 138 valence electrons. The van der Waals surface area contributed by atoms with Crippen LogP contribution < -0.4 is 4.90 Å². The lowest BCUT2D eigenvalue weighted by molar-refractivity contribution is 0.246. The van der Waals surface area contributed by atoms with Crippen LogP contribution >= 0.6 is 11.6 Å². The van der Waals surface area contributed by atoms with Crippen molar-refractivity contribution >= 4 is 34.5 Å². The number of rotatable bonds is 2. The fraction of sp³-hybridized carbons (Fsp3) is 0.211. The third kappa shape index (κ3) is 2.93. The number of anilines is 1. The third-order valence-corrected chi connectivity index (χ3v) is 4.76. The molecular weight excluding hydrogens is 374 g/mol. The molecule has 2 aliphatic heterocycles. The molecule has 1 N–H and O–H groups in total. The van der Waals surface area contributed by atoms with Crippen LogP contribution in [0.1, 0.15) is 24.5 Å². The molecule has 2 aromatic rings. The number of halogens is 3. The van der Waals surface area contributed by atoms with E-state index in [1.807, 2.05) is 6.92 Å². The molecule has 2 heterocycles. The van der Waals surface area contributed by atoms with Crippen molar-refractivity contribution in [1.82, 2.24) is 0 Å². The maximum atomic E-state index is 14.5. The van der Waals surface area contributed by atoms with Crippen molar-refractivity contribution < 1.29 is 13.9 Å². The number of benzene rings is 2. The van der Waals surface area contributed by atoms with E-state index in [9.17, 15) is 13.9 Å². The standard InChI is InChI=1S/C19H15ClF2N4O/c1-2-14-19(27)26-15-7-6-10(20)8-11(15)18(23-9-16(26)25-24-14)17-12(21)4-3-5-13(17)22/h3-8,19,27H,2,9H2,1H3. The highest BCUT2D eigenvalue weighted by Gasteiger charge is 2.34. The summed E-state index contributed by atoms with van der Waals surface area (Å²) in [7, 11) is 0. The molecule has 0 amide bonds. The van der Waals surface area contributed by atoms with Crippen LogP contribution in [0.25, 0.3) is 0 Å². The molecule has 0 bridgehead atoms. The zero-order valence-corrected chi connectivity index (χ0v) is 15.1. The Bertz CT molecular complexity index is 999. The van der Waals surface area contributed by atoms with E-state index in [1.165, 1.54) is 18.2 Å². The van der Waals surface area contributed by atoms with Crippen LogP contribution in [-0.2, 0) is 0 Å². The summed E-state index contributed by atoms with van der Waals surface area (Å²) in [6.07, 6.45) is -0.532. The quantitative estimate of drug-likeness (QED) is 0.851. The summed E-state index contributed by atoms with van der Waals surface area (Å²) < 4.78 is 28.9. The van der Waals surface area contributed by atoms with Gasteiger partial charge in [-0.2, -0.15) is 5.10 Å². The Balaban J connectivity index is 1.97. The monoisotopic (exact) mass is 388 g/mol. The maximum Gasteiger partial charge on any atom is 0.173 e. The maximum absolute atomic E-state index is 14.5. The van der Waals surface area contributed by atoms with Crippen molar-refractivity contribution in [3.8, 4) is 0 Å². The Kier molecular flexibility index (Phi) is 4.49. The van der Waals surface area contributed by atoms with Crippen molar-refractivity contribution in [1.29, 1.82) is 0 Å². The molecule has 0 fully saturated rings. The van der Waals surface area contributed by atoms with Crippen LogP contribution in [0.2, 0.25) is 5.02 Å². The number of nitrogens with zero attached hydrogens (tertiary/aromatic N) is 4. The van der Waals surface area contributed by atoms with Crippen molar-refractivity contribution in [2.24, 2.45) is 15.2 Å². The first-order valence-electron chi connectivity index (χ1n) is 8.40. The van der Waals surface area contributed by atoms with Crippen LogP contribution in [0.4, 0.5) is 14.5 Å². The van der Waals surface area contributed by atoms with E-state index in [4.69, 9.17) is 11.6 Å². The average molecular weight is 389 g/mol. The second kappa shape index (κ2) is 6.83. The minimum atomic E-state index is -1.04. The number of fused-ring (bicyclic) bond motifs is 3. The topological polar surface area (TPSA) is 60.5 Å². The first-order valence-corrected chi connectivity index (χ1v) is 8.78. The lowest BCUT2D eigenvalue weighted by atomic mass is 9.98. The normalized spacial score (nSPS) is 18.8. The summed E-state index contributed by atoms with van der Waals surface area (Å²) in [5, 5.41) is 19.3. The number of amidine groups is 1. The second-order valence-electron chi connectivity index (χ2n) is 6.13. The van der Waals surface area contributed by atoms with Gasteiger partial charge in [0.05, 0.1) is 29.2 Å². The summed E-state index contributed by atoms with van der Waals surface area (Å²) in [5.41, 5.74) is 1.27. The molecular formula is C19H15ClF2N4O. The van der Waals surface area contributed by atoms with Gasteiger partial charge < -0.3 is 5.11 Å². The molecule has 0 saturated heterocycles. The fourth-order valence-electron chi connectivity index (χ4n) is 3.22. The van der Waals surface area contributed by atoms with Crippen molar-refractivity contribution in [3.05, 3.63) is 64.2 Å².